The van der Waals surface area contributed by atoms with Crippen LogP contribution >= 0.6 is 11.8 Å². The number of rotatable bonds is 5. The fourth-order valence-electron chi connectivity index (χ4n) is 2.26. The van der Waals surface area contributed by atoms with Crippen molar-refractivity contribution in [2.24, 2.45) is 0 Å². The van der Waals surface area contributed by atoms with Crippen molar-refractivity contribution in [2.75, 3.05) is 26.5 Å². The minimum absolute atomic E-state index is 0.217. The van der Waals surface area contributed by atoms with Gasteiger partial charge in [0.05, 0.1) is 11.0 Å². The standard InChI is InChI=1S/C14H18N2O4S2/c1-16(2)22(17,18)11-5-6-13-12(8-11)15-14(20-13)21-9-10-4-3-7-19-10/h5-6,8,10H,3-4,7,9H2,1-2H3/t10-/m0/s1. The van der Waals surface area contributed by atoms with Crippen molar-refractivity contribution < 1.29 is 17.6 Å². The Morgan fingerprint density at radius 3 is 2.91 bits per heavy atom. The first-order valence-corrected chi connectivity index (χ1v) is 9.47. The Kier molecular flexibility index (Phi) is 4.44. The number of hydrogen-bond acceptors (Lipinski definition) is 6. The Morgan fingerprint density at radius 2 is 2.23 bits per heavy atom. The number of fused-ring (bicyclic) bond motifs is 1. The molecule has 0 amide bonds. The lowest BCUT2D eigenvalue weighted by Crippen LogP contribution is -2.22. The predicted molar refractivity (Wildman–Crippen MR) is 84.6 cm³/mol. The molecule has 1 aromatic carbocycles. The van der Waals surface area contributed by atoms with Gasteiger partial charge in [0, 0.05) is 26.5 Å². The summed E-state index contributed by atoms with van der Waals surface area (Å²) in [6.07, 6.45) is 2.42. The first-order chi connectivity index (χ1) is 10.5. The summed E-state index contributed by atoms with van der Waals surface area (Å²) in [5.41, 5.74) is 1.14. The van der Waals surface area contributed by atoms with Crippen LogP contribution in [0.5, 0.6) is 0 Å². The van der Waals surface area contributed by atoms with E-state index < -0.39 is 10.0 Å². The van der Waals surface area contributed by atoms with Gasteiger partial charge in [-0.3, -0.25) is 0 Å². The number of ether oxygens (including phenoxy) is 1. The van der Waals surface area contributed by atoms with Crippen LogP contribution in [0.15, 0.2) is 32.7 Å². The molecule has 1 saturated heterocycles. The maximum atomic E-state index is 12.1. The van der Waals surface area contributed by atoms with Crippen LogP contribution in [0, 0.1) is 0 Å². The minimum atomic E-state index is -3.46. The summed E-state index contributed by atoms with van der Waals surface area (Å²) in [4.78, 5) is 4.58. The van der Waals surface area contributed by atoms with Crippen molar-refractivity contribution in [1.82, 2.24) is 9.29 Å². The summed E-state index contributed by atoms with van der Waals surface area (Å²) >= 11 is 1.50. The van der Waals surface area contributed by atoms with Crippen LogP contribution in [0.25, 0.3) is 11.1 Å². The van der Waals surface area contributed by atoms with E-state index in [1.807, 2.05) is 0 Å². The quantitative estimate of drug-likeness (QED) is 0.777. The van der Waals surface area contributed by atoms with Crippen LogP contribution in [0.3, 0.4) is 0 Å². The third kappa shape index (κ3) is 3.15. The molecular formula is C14H18N2O4S2. The average Bonchev–Trinajstić information content (AvgIpc) is 3.13. The van der Waals surface area contributed by atoms with Gasteiger partial charge < -0.3 is 9.15 Å². The van der Waals surface area contributed by atoms with Crippen LogP contribution in [0.1, 0.15) is 12.8 Å². The van der Waals surface area contributed by atoms with Gasteiger partial charge in [0.2, 0.25) is 10.0 Å². The molecule has 1 fully saturated rings. The van der Waals surface area contributed by atoms with Gasteiger partial charge in [0.1, 0.15) is 5.52 Å². The summed E-state index contributed by atoms with van der Waals surface area (Å²) in [7, 11) is -0.449. The Bertz CT molecular complexity index is 764. The molecule has 6 nitrogen and oxygen atoms in total. The van der Waals surface area contributed by atoms with E-state index in [1.54, 1.807) is 12.1 Å². The van der Waals surface area contributed by atoms with Crippen LogP contribution in [0.2, 0.25) is 0 Å². The fraction of sp³-hybridized carbons (Fsp3) is 0.500. The summed E-state index contributed by atoms with van der Waals surface area (Å²) in [6.45, 7) is 0.824. The van der Waals surface area contributed by atoms with E-state index >= 15 is 0 Å². The zero-order valence-electron chi connectivity index (χ0n) is 12.5. The van der Waals surface area contributed by atoms with E-state index in [1.165, 1.54) is 36.2 Å². The zero-order valence-corrected chi connectivity index (χ0v) is 14.1. The van der Waals surface area contributed by atoms with Gasteiger partial charge in [0.25, 0.3) is 5.22 Å². The molecule has 0 unspecified atom stereocenters. The number of nitrogens with zero attached hydrogens (tertiary/aromatic N) is 2. The summed E-state index contributed by atoms with van der Waals surface area (Å²) in [6, 6.07) is 4.73. The van der Waals surface area contributed by atoms with E-state index in [4.69, 9.17) is 9.15 Å². The zero-order chi connectivity index (χ0) is 15.7. The summed E-state index contributed by atoms with van der Waals surface area (Å²) in [5.74, 6) is 0.801. The highest BCUT2D eigenvalue weighted by Gasteiger charge is 2.20. The SMILES string of the molecule is CN(C)S(=O)(=O)c1ccc2oc(SC[C@@H]3CCCO3)nc2c1. The van der Waals surface area contributed by atoms with Crippen LogP contribution in [0.4, 0.5) is 0 Å². The molecule has 0 spiro atoms. The molecule has 1 aliphatic heterocycles. The van der Waals surface area contributed by atoms with E-state index in [0.717, 1.165) is 25.2 Å². The fourth-order valence-corrected chi connectivity index (χ4v) is 4.08. The van der Waals surface area contributed by atoms with E-state index in [2.05, 4.69) is 4.98 Å². The molecule has 0 radical (unpaired) electrons. The molecule has 120 valence electrons. The first kappa shape index (κ1) is 15.8. The summed E-state index contributed by atoms with van der Waals surface area (Å²) in [5, 5.41) is 0.546. The highest BCUT2D eigenvalue weighted by molar-refractivity contribution is 7.99. The van der Waals surface area contributed by atoms with E-state index in [0.29, 0.717) is 16.3 Å². The van der Waals surface area contributed by atoms with Gasteiger partial charge in [-0.1, -0.05) is 11.8 Å². The number of benzene rings is 1. The topological polar surface area (TPSA) is 72.6 Å². The Labute approximate surface area is 133 Å². The smallest absolute Gasteiger partial charge is 0.256 e. The molecular weight excluding hydrogens is 324 g/mol. The van der Waals surface area contributed by atoms with Gasteiger partial charge >= 0.3 is 0 Å². The van der Waals surface area contributed by atoms with Crippen molar-refractivity contribution in [2.45, 2.75) is 29.1 Å². The molecule has 0 saturated carbocycles. The third-order valence-electron chi connectivity index (χ3n) is 3.53. The van der Waals surface area contributed by atoms with Gasteiger partial charge in [-0.15, -0.1) is 0 Å². The molecule has 2 aromatic rings. The van der Waals surface area contributed by atoms with Gasteiger partial charge in [-0.2, -0.15) is 0 Å². The second kappa shape index (κ2) is 6.19. The van der Waals surface area contributed by atoms with Crippen LogP contribution < -0.4 is 0 Å². The van der Waals surface area contributed by atoms with Gasteiger partial charge in [-0.05, 0) is 31.0 Å². The van der Waals surface area contributed by atoms with Gasteiger partial charge in [-0.25, -0.2) is 17.7 Å². The Morgan fingerprint density at radius 1 is 1.41 bits per heavy atom. The van der Waals surface area contributed by atoms with Crippen molar-refractivity contribution in [3.8, 4) is 0 Å². The van der Waals surface area contributed by atoms with Gasteiger partial charge in [0.15, 0.2) is 5.58 Å². The number of sulfonamides is 1. The molecule has 8 heteroatoms. The van der Waals surface area contributed by atoms with Crippen molar-refractivity contribution >= 4 is 32.9 Å². The van der Waals surface area contributed by atoms with Crippen LogP contribution in [-0.4, -0.2) is 50.3 Å². The molecule has 0 aliphatic carbocycles. The van der Waals surface area contributed by atoms with Crippen molar-refractivity contribution in [1.29, 1.82) is 0 Å². The van der Waals surface area contributed by atoms with Crippen molar-refractivity contribution in [3.05, 3.63) is 18.2 Å². The lowest BCUT2D eigenvalue weighted by atomic mass is 10.3. The van der Waals surface area contributed by atoms with E-state index in [9.17, 15) is 8.42 Å². The Hall–Kier alpha value is -1.09. The monoisotopic (exact) mass is 342 g/mol. The Balaban J connectivity index is 1.81. The highest BCUT2D eigenvalue weighted by atomic mass is 32.2. The molecule has 2 heterocycles. The molecule has 1 atom stereocenters. The second-order valence-corrected chi connectivity index (χ2v) is 8.47. The number of thioether (sulfide) groups is 1. The predicted octanol–water partition coefficient (Wildman–Crippen LogP) is 2.35. The minimum Gasteiger partial charge on any atom is -0.431 e. The number of aromatic nitrogens is 1. The van der Waals surface area contributed by atoms with E-state index in [-0.39, 0.29) is 11.0 Å². The molecule has 22 heavy (non-hydrogen) atoms. The second-order valence-electron chi connectivity index (χ2n) is 5.34. The maximum absolute atomic E-state index is 12.1. The molecule has 3 rings (SSSR count). The molecule has 1 aromatic heterocycles. The molecule has 0 N–H and O–H groups in total. The maximum Gasteiger partial charge on any atom is 0.256 e. The number of hydrogen-bond donors (Lipinski definition) is 0. The lowest BCUT2D eigenvalue weighted by molar-refractivity contribution is 0.128. The normalized spacial score (nSPS) is 19.3. The van der Waals surface area contributed by atoms with Crippen LogP contribution in [-0.2, 0) is 14.8 Å². The molecule has 1 aliphatic rings. The summed E-state index contributed by atoms with van der Waals surface area (Å²) < 4.78 is 36.6. The lowest BCUT2D eigenvalue weighted by Gasteiger charge is -2.10. The van der Waals surface area contributed by atoms with Crippen molar-refractivity contribution in [3.63, 3.8) is 0 Å². The molecule has 0 bridgehead atoms. The largest absolute Gasteiger partial charge is 0.431 e. The first-order valence-electron chi connectivity index (χ1n) is 7.04. The highest BCUT2D eigenvalue weighted by Crippen LogP contribution is 2.28. The average molecular weight is 342 g/mol. The third-order valence-corrected chi connectivity index (χ3v) is 6.31. The number of oxazole rings is 1.